The normalized spacial score (nSPS) is 21.8. The molecule has 0 saturated carbocycles. The summed E-state index contributed by atoms with van der Waals surface area (Å²) in [5.74, 6) is 0.348. The molecule has 128 valence electrons. The third-order valence-electron chi connectivity index (χ3n) is 4.61. The molecule has 2 heterocycles. The lowest BCUT2D eigenvalue weighted by Crippen LogP contribution is -2.55. The number of thioether (sulfide) groups is 1. The molecule has 2 rings (SSSR count). The molecule has 23 heavy (non-hydrogen) atoms. The third-order valence-corrected chi connectivity index (χ3v) is 10.1. The second-order valence-electron chi connectivity index (χ2n) is 7.31. The van der Waals surface area contributed by atoms with Gasteiger partial charge in [0.2, 0.25) is 5.91 Å². The molecule has 1 fully saturated rings. The van der Waals surface area contributed by atoms with Crippen LogP contribution in [0.1, 0.15) is 27.2 Å². The first-order valence-electron chi connectivity index (χ1n) is 7.77. The van der Waals surface area contributed by atoms with E-state index in [4.69, 9.17) is 9.16 Å². The molecule has 7 heteroatoms. The minimum Gasteiger partial charge on any atom is -0.430 e. The largest absolute Gasteiger partial charge is 0.430 e. The predicted octanol–water partition coefficient (Wildman–Crippen LogP) is 3.25. The zero-order chi connectivity index (χ0) is 17.3. The standard InChI is InChI=1S/C16H25NO4SSi/c1-16(2,3)23(4,5)21-8-6-7-20-15(19)13-11-22-10-12-9-14(18)17(12)13/h6-7,11-12H,8-10H2,1-5H3. The van der Waals surface area contributed by atoms with Crippen LogP contribution in [0.3, 0.4) is 0 Å². The van der Waals surface area contributed by atoms with Crippen molar-refractivity contribution in [1.82, 2.24) is 4.90 Å². The Kier molecular flexibility index (Phi) is 5.43. The lowest BCUT2D eigenvalue weighted by atomic mass is 10.0. The molecule has 0 radical (unpaired) electrons. The highest BCUT2D eigenvalue weighted by atomic mass is 32.2. The average Bonchev–Trinajstić information content (AvgIpc) is 2.43. The number of carbonyl (C=O) groups is 2. The fourth-order valence-electron chi connectivity index (χ4n) is 2.07. The Hall–Kier alpha value is -1.05. The first-order valence-corrected chi connectivity index (χ1v) is 11.7. The highest BCUT2D eigenvalue weighted by Crippen LogP contribution is 2.36. The van der Waals surface area contributed by atoms with E-state index in [0.29, 0.717) is 18.7 Å². The van der Waals surface area contributed by atoms with Crippen LogP contribution < -0.4 is 0 Å². The van der Waals surface area contributed by atoms with E-state index in [1.54, 1.807) is 28.1 Å². The van der Waals surface area contributed by atoms with Gasteiger partial charge in [0.25, 0.3) is 0 Å². The summed E-state index contributed by atoms with van der Waals surface area (Å²) in [4.78, 5) is 25.2. The topological polar surface area (TPSA) is 55.8 Å². The monoisotopic (exact) mass is 355 g/mol. The van der Waals surface area contributed by atoms with Crippen molar-refractivity contribution in [1.29, 1.82) is 0 Å². The smallest absolute Gasteiger partial charge is 0.360 e. The maximum atomic E-state index is 12.1. The van der Waals surface area contributed by atoms with Crippen LogP contribution in [0.4, 0.5) is 0 Å². The summed E-state index contributed by atoms with van der Waals surface area (Å²) < 4.78 is 11.1. The molecule has 2 aliphatic heterocycles. The molecule has 0 aromatic rings. The summed E-state index contributed by atoms with van der Waals surface area (Å²) in [6, 6.07) is 0.144. The molecule has 0 N–H and O–H groups in total. The minimum atomic E-state index is -1.79. The number of rotatable bonds is 5. The van der Waals surface area contributed by atoms with Crippen LogP contribution in [0.15, 0.2) is 23.4 Å². The summed E-state index contributed by atoms with van der Waals surface area (Å²) in [7, 11) is -1.79. The highest BCUT2D eigenvalue weighted by molar-refractivity contribution is 8.02. The van der Waals surface area contributed by atoms with E-state index in [-0.39, 0.29) is 17.0 Å². The average molecular weight is 356 g/mol. The molecular formula is C16H25NO4SSi. The highest BCUT2D eigenvalue weighted by Gasteiger charge is 2.43. The van der Waals surface area contributed by atoms with Crippen molar-refractivity contribution in [3.8, 4) is 0 Å². The molecule has 1 amide bonds. The molecule has 1 unspecified atom stereocenters. The maximum absolute atomic E-state index is 12.1. The van der Waals surface area contributed by atoms with Gasteiger partial charge in [0.15, 0.2) is 8.32 Å². The summed E-state index contributed by atoms with van der Waals surface area (Å²) in [6.07, 6.45) is 3.58. The summed E-state index contributed by atoms with van der Waals surface area (Å²) in [6.45, 7) is 11.3. The molecule has 1 saturated heterocycles. The number of ether oxygens (including phenoxy) is 1. The van der Waals surface area contributed by atoms with Gasteiger partial charge in [-0.25, -0.2) is 4.79 Å². The number of carbonyl (C=O) groups excluding carboxylic acids is 2. The number of nitrogens with zero attached hydrogens (tertiary/aromatic N) is 1. The van der Waals surface area contributed by atoms with E-state index in [2.05, 4.69) is 33.9 Å². The Bertz CT molecular complexity index is 551. The Labute approximate surface area is 143 Å². The summed E-state index contributed by atoms with van der Waals surface area (Å²) in [5, 5.41) is 1.85. The molecular weight excluding hydrogens is 330 g/mol. The number of esters is 1. The summed E-state index contributed by atoms with van der Waals surface area (Å²) in [5.41, 5.74) is 0.345. The van der Waals surface area contributed by atoms with Gasteiger partial charge in [0, 0.05) is 17.6 Å². The van der Waals surface area contributed by atoms with Gasteiger partial charge in [-0.1, -0.05) is 20.8 Å². The van der Waals surface area contributed by atoms with Crippen molar-refractivity contribution in [2.24, 2.45) is 0 Å². The van der Waals surface area contributed by atoms with Gasteiger partial charge in [0.1, 0.15) is 5.70 Å². The molecule has 1 atom stereocenters. The van der Waals surface area contributed by atoms with Crippen molar-refractivity contribution in [3.63, 3.8) is 0 Å². The first-order chi connectivity index (χ1) is 10.6. The number of β-lactam (4-membered cyclic amide) rings is 1. The van der Waals surface area contributed by atoms with Crippen molar-refractivity contribution in [3.05, 3.63) is 23.4 Å². The lowest BCUT2D eigenvalue weighted by Gasteiger charge is -2.42. The molecule has 0 aromatic heterocycles. The first kappa shape index (κ1) is 18.3. The van der Waals surface area contributed by atoms with Gasteiger partial charge < -0.3 is 14.1 Å². The van der Waals surface area contributed by atoms with Gasteiger partial charge in [-0.05, 0) is 24.2 Å². The van der Waals surface area contributed by atoms with Gasteiger partial charge in [-0.15, -0.1) is 11.8 Å². The van der Waals surface area contributed by atoms with Crippen LogP contribution in [0.25, 0.3) is 0 Å². The van der Waals surface area contributed by atoms with Gasteiger partial charge in [0.05, 0.1) is 18.9 Å². The molecule has 0 aliphatic carbocycles. The van der Waals surface area contributed by atoms with Crippen LogP contribution in [0.2, 0.25) is 18.1 Å². The number of fused-ring (bicyclic) bond motifs is 1. The quantitative estimate of drug-likeness (QED) is 0.328. The maximum Gasteiger partial charge on any atom is 0.360 e. The van der Waals surface area contributed by atoms with Gasteiger partial charge >= 0.3 is 5.97 Å². The van der Waals surface area contributed by atoms with Gasteiger partial charge in [-0.3, -0.25) is 4.79 Å². The molecule has 0 bridgehead atoms. The Morgan fingerprint density at radius 1 is 1.48 bits per heavy atom. The zero-order valence-corrected chi connectivity index (χ0v) is 16.2. The lowest BCUT2D eigenvalue weighted by molar-refractivity contribution is -0.148. The Morgan fingerprint density at radius 2 is 2.17 bits per heavy atom. The van der Waals surface area contributed by atoms with E-state index >= 15 is 0 Å². The predicted molar refractivity (Wildman–Crippen MR) is 94.2 cm³/mol. The molecule has 2 aliphatic rings. The van der Waals surface area contributed by atoms with Crippen LogP contribution in [-0.2, 0) is 18.8 Å². The van der Waals surface area contributed by atoms with E-state index in [1.165, 1.54) is 6.26 Å². The Balaban J connectivity index is 1.81. The SMILES string of the molecule is CC(C)(C)[Si](C)(C)OCC=COC(=O)C1=CSCC2CC(=O)N12. The van der Waals surface area contributed by atoms with Crippen LogP contribution in [-0.4, -0.2) is 43.5 Å². The van der Waals surface area contributed by atoms with Crippen molar-refractivity contribution in [2.75, 3.05) is 12.4 Å². The second kappa shape index (κ2) is 6.82. The zero-order valence-electron chi connectivity index (χ0n) is 14.4. The number of hydrogen-bond donors (Lipinski definition) is 0. The van der Waals surface area contributed by atoms with E-state index in [9.17, 15) is 9.59 Å². The second-order valence-corrected chi connectivity index (χ2v) is 13.0. The van der Waals surface area contributed by atoms with Crippen LogP contribution in [0, 0.1) is 0 Å². The molecule has 0 aromatic carbocycles. The minimum absolute atomic E-state index is 0.0104. The third kappa shape index (κ3) is 4.08. The number of hydrogen-bond acceptors (Lipinski definition) is 5. The van der Waals surface area contributed by atoms with Crippen molar-refractivity contribution >= 4 is 32.0 Å². The van der Waals surface area contributed by atoms with E-state index in [1.807, 2.05) is 0 Å². The molecule has 5 nitrogen and oxygen atoms in total. The van der Waals surface area contributed by atoms with E-state index < -0.39 is 14.3 Å². The fraction of sp³-hybridized carbons (Fsp3) is 0.625. The fourth-order valence-corrected chi connectivity index (χ4v) is 3.97. The van der Waals surface area contributed by atoms with Crippen LogP contribution in [0.5, 0.6) is 0 Å². The molecule has 0 spiro atoms. The van der Waals surface area contributed by atoms with Crippen LogP contribution >= 0.6 is 11.8 Å². The van der Waals surface area contributed by atoms with Gasteiger partial charge in [-0.2, -0.15) is 0 Å². The van der Waals surface area contributed by atoms with E-state index in [0.717, 1.165) is 5.75 Å². The Morgan fingerprint density at radius 3 is 2.78 bits per heavy atom. The number of amides is 1. The summed E-state index contributed by atoms with van der Waals surface area (Å²) >= 11 is 1.55. The van der Waals surface area contributed by atoms with Crippen molar-refractivity contribution in [2.45, 2.75) is 51.4 Å². The van der Waals surface area contributed by atoms with Crippen molar-refractivity contribution < 1.29 is 18.8 Å².